The molecule has 19 heavy (non-hydrogen) atoms. The lowest BCUT2D eigenvalue weighted by molar-refractivity contribution is -0.286. The molecule has 5 nitrogen and oxygen atoms in total. The summed E-state index contributed by atoms with van der Waals surface area (Å²) in [6, 6.07) is 4.32. The molecule has 0 atom stereocenters. The van der Waals surface area contributed by atoms with E-state index in [0.717, 1.165) is 0 Å². The van der Waals surface area contributed by atoms with Crippen molar-refractivity contribution < 1.29 is 18.3 Å². The van der Waals surface area contributed by atoms with Crippen LogP contribution in [0.1, 0.15) is 13.8 Å². The van der Waals surface area contributed by atoms with Gasteiger partial charge in [-0.3, -0.25) is 4.99 Å². The summed E-state index contributed by atoms with van der Waals surface area (Å²) in [5.74, 6) is 0.565. The maximum atomic E-state index is 12.8. The average Bonchev–Trinajstić information content (AvgIpc) is 2.59. The Kier molecular flexibility index (Phi) is 3.46. The van der Waals surface area contributed by atoms with Gasteiger partial charge in [0, 0.05) is 18.3 Å². The van der Waals surface area contributed by atoms with Gasteiger partial charge in [0.05, 0.1) is 0 Å². The van der Waals surface area contributed by atoms with Crippen molar-refractivity contribution in [3.8, 4) is 11.5 Å². The predicted molar refractivity (Wildman–Crippen MR) is 67.6 cm³/mol. The topological polar surface area (TPSA) is 68.9 Å². The number of aliphatic imine (C=N–C) groups is 1. The van der Waals surface area contributed by atoms with Gasteiger partial charge in [-0.15, -0.1) is 8.78 Å². The largest absolute Gasteiger partial charge is 0.586 e. The van der Waals surface area contributed by atoms with Crippen LogP contribution < -0.4 is 20.5 Å². The van der Waals surface area contributed by atoms with Gasteiger partial charge >= 0.3 is 6.29 Å². The van der Waals surface area contributed by atoms with E-state index >= 15 is 0 Å². The zero-order chi connectivity index (χ0) is 14.0. The summed E-state index contributed by atoms with van der Waals surface area (Å²) in [7, 11) is 0. The van der Waals surface area contributed by atoms with Gasteiger partial charge in [0.15, 0.2) is 17.5 Å². The second kappa shape index (κ2) is 4.91. The van der Waals surface area contributed by atoms with E-state index < -0.39 is 6.29 Å². The maximum Gasteiger partial charge on any atom is 0.586 e. The molecule has 104 valence electrons. The summed E-state index contributed by atoms with van der Waals surface area (Å²) in [5.41, 5.74) is 6.18. The molecular weight excluding hydrogens is 256 g/mol. The Hall–Kier alpha value is -2.05. The number of benzene rings is 1. The van der Waals surface area contributed by atoms with Crippen LogP contribution in [0.25, 0.3) is 0 Å². The highest BCUT2D eigenvalue weighted by Gasteiger charge is 2.43. The molecule has 0 radical (unpaired) electrons. The van der Waals surface area contributed by atoms with Gasteiger partial charge in [0.2, 0.25) is 0 Å². The van der Waals surface area contributed by atoms with Crippen molar-refractivity contribution in [1.29, 1.82) is 0 Å². The van der Waals surface area contributed by atoms with Gasteiger partial charge in [-0.2, -0.15) is 0 Å². The normalized spacial score (nSPS) is 16.8. The molecule has 0 saturated carbocycles. The van der Waals surface area contributed by atoms with Crippen molar-refractivity contribution in [2.45, 2.75) is 20.1 Å². The molecule has 2 rings (SSSR count). The van der Waals surface area contributed by atoms with Crippen LogP contribution in [0.15, 0.2) is 23.2 Å². The molecule has 0 unspecified atom stereocenters. The number of nitrogens with zero attached hydrogens (tertiary/aromatic N) is 1. The zero-order valence-corrected chi connectivity index (χ0v) is 10.6. The summed E-state index contributed by atoms with van der Waals surface area (Å²) in [6.45, 7) is 4.61. The van der Waals surface area contributed by atoms with Crippen LogP contribution in [0.4, 0.5) is 14.5 Å². The van der Waals surface area contributed by atoms with Crippen LogP contribution in [-0.4, -0.2) is 18.8 Å². The minimum absolute atomic E-state index is 0.00626. The highest BCUT2D eigenvalue weighted by atomic mass is 19.3. The SMILES string of the molecule is CC(C)CN=C(N)Nc1ccc2c(c1)OC(F)(F)O2. The number of rotatable bonds is 3. The summed E-state index contributed by atoms with van der Waals surface area (Å²) >= 11 is 0. The first-order chi connectivity index (χ1) is 8.85. The molecule has 0 spiro atoms. The van der Waals surface area contributed by atoms with Gasteiger partial charge in [0.1, 0.15) is 0 Å². The number of nitrogens with one attached hydrogen (secondary N) is 1. The Morgan fingerprint density at radius 3 is 2.74 bits per heavy atom. The molecule has 0 aromatic heterocycles. The lowest BCUT2D eigenvalue weighted by atomic mass is 10.2. The summed E-state index contributed by atoms with van der Waals surface area (Å²) in [5, 5.41) is 2.80. The van der Waals surface area contributed by atoms with E-state index in [1.54, 1.807) is 6.07 Å². The number of ether oxygens (including phenoxy) is 2. The molecule has 7 heteroatoms. The molecule has 1 aromatic rings. The molecular formula is C12H15F2N3O2. The third-order valence-electron chi connectivity index (χ3n) is 2.30. The van der Waals surface area contributed by atoms with Crippen LogP contribution in [0.5, 0.6) is 11.5 Å². The molecule has 1 aromatic carbocycles. The number of hydrogen-bond donors (Lipinski definition) is 2. The van der Waals surface area contributed by atoms with Gasteiger partial charge in [-0.05, 0) is 18.1 Å². The van der Waals surface area contributed by atoms with E-state index in [1.165, 1.54) is 12.1 Å². The monoisotopic (exact) mass is 271 g/mol. The Morgan fingerprint density at radius 2 is 2.05 bits per heavy atom. The third-order valence-corrected chi connectivity index (χ3v) is 2.30. The second-order valence-corrected chi connectivity index (χ2v) is 4.57. The number of anilines is 1. The molecule has 1 aliphatic heterocycles. The first kappa shape index (κ1) is 13.4. The van der Waals surface area contributed by atoms with Crippen molar-refractivity contribution in [3.63, 3.8) is 0 Å². The van der Waals surface area contributed by atoms with E-state index in [1.807, 2.05) is 13.8 Å². The van der Waals surface area contributed by atoms with Gasteiger partial charge < -0.3 is 20.5 Å². The Balaban J connectivity index is 2.06. The van der Waals surface area contributed by atoms with Crippen LogP contribution >= 0.6 is 0 Å². The van der Waals surface area contributed by atoms with E-state index in [4.69, 9.17) is 5.73 Å². The second-order valence-electron chi connectivity index (χ2n) is 4.57. The molecule has 0 fully saturated rings. The van der Waals surface area contributed by atoms with Crippen LogP contribution in [-0.2, 0) is 0 Å². The van der Waals surface area contributed by atoms with Crippen molar-refractivity contribution in [2.24, 2.45) is 16.6 Å². The highest BCUT2D eigenvalue weighted by molar-refractivity contribution is 5.92. The zero-order valence-electron chi connectivity index (χ0n) is 10.6. The molecule has 1 aliphatic rings. The molecule has 3 N–H and O–H groups in total. The minimum atomic E-state index is -3.61. The average molecular weight is 271 g/mol. The molecule has 0 saturated heterocycles. The Morgan fingerprint density at radius 1 is 1.37 bits per heavy atom. The van der Waals surface area contributed by atoms with Crippen molar-refractivity contribution in [3.05, 3.63) is 18.2 Å². The fourth-order valence-corrected chi connectivity index (χ4v) is 1.50. The smallest absolute Gasteiger partial charge is 0.395 e. The fraction of sp³-hybridized carbons (Fsp3) is 0.417. The number of fused-ring (bicyclic) bond motifs is 1. The fourth-order valence-electron chi connectivity index (χ4n) is 1.50. The molecule has 1 heterocycles. The Bertz CT molecular complexity index is 504. The number of guanidine groups is 1. The quantitative estimate of drug-likeness (QED) is 0.654. The van der Waals surface area contributed by atoms with E-state index in [0.29, 0.717) is 18.2 Å². The van der Waals surface area contributed by atoms with Gasteiger partial charge in [0.25, 0.3) is 0 Å². The third kappa shape index (κ3) is 3.46. The summed E-state index contributed by atoms with van der Waals surface area (Å²) in [4.78, 5) is 4.10. The lowest BCUT2D eigenvalue weighted by Gasteiger charge is -2.07. The first-order valence-corrected chi connectivity index (χ1v) is 5.82. The number of hydrogen-bond acceptors (Lipinski definition) is 3. The number of alkyl halides is 2. The van der Waals surface area contributed by atoms with Crippen LogP contribution in [0, 0.1) is 5.92 Å². The van der Waals surface area contributed by atoms with Crippen molar-refractivity contribution in [2.75, 3.05) is 11.9 Å². The Labute approximate surface area is 109 Å². The van der Waals surface area contributed by atoms with E-state index in [-0.39, 0.29) is 17.5 Å². The molecule has 0 aliphatic carbocycles. The number of halogens is 2. The molecule has 0 bridgehead atoms. The van der Waals surface area contributed by atoms with Gasteiger partial charge in [-0.1, -0.05) is 13.8 Å². The highest BCUT2D eigenvalue weighted by Crippen LogP contribution is 2.42. The van der Waals surface area contributed by atoms with E-state index in [9.17, 15) is 8.78 Å². The first-order valence-electron chi connectivity index (χ1n) is 5.82. The standard InChI is InChI=1S/C12H15F2N3O2/c1-7(2)6-16-11(15)17-8-3-4-9-10(5-8)19-12(13,14)18-9/h3-5,7H,6H2,1-2H3,(H3,15,16,17). The number of nitrogens with two attached hydrogens (primary N) is 1. The molecule has 0 amide bonds. The summed E-state index contributed by atoms with van der Waals surface area (Å²) in [6.07, 6.45) is -3.61. The minimum Gasteiger partial charge on any atom is -0.395 e. The van der Waals surface area contributed by atoms with Crippen molar-refractivity contribution >= 4 is 11.6 Å². The van der Waals surface area contributed by atoms with Crippen molar-refractivity contribution in [1.82, 2.24) is 0 Å². The predicted octanol–water partition coefficient (Wildman–Crippen LogP) is 2.39. The van der Waals surface area contributed by atoms with Crippen LogP contribution in [0.2, 0.25) is 0 Å². The van der Waals surface area contributed by atoms with Gasteiger partial charge in [-0.25, -0.2) is 0 Å². The summed E-state index contributed by atoms with van der Waals surface area (Å²) < 4.78 is 34.3. The maximum absolute atomic E-state index is 12.8. The van der Waals surface area contributed by atoms with Crippen LogP contribution in [0.3, 0.4) is 0 Å². The lowest BCUT2D eigenvalue weighted by Crippen LogP contribution is -2.26. The van der Waals surface area contributed by atoms with E-state index in [2.05, 4.69) is 19.8 Å².